The second-order valence-electron chi connectivity index (χ2n) is 2.69. The summed E-state index contributed by atoms with van der Waals surface area (Å²) in [5.41, 5.74) is 3.08. The third kappa shape index (κ3) is 3.77. The zero-order valence-electron chi connectivity index (χ0n) is 7.70. The van der Waals surface area contributed by atoms with E-state index in [1.54, 1.807) is 24.3 Å². The Morgan fingerprint density at radius 1 is 1.36 bits per heavy atom. The summed E-state index contributed by atoms with van der Waals surface area (Å²) in [4.78, 5) is 16.1. The smallest absolute Gasteiger partial charge is 0.356 e. The van der Waals surface area contributed by atoms with Gasteiger partial charge in [0.2, 0.25) is 0 Å². The summed E-state index contributed by atoms with van der Waals surface area (Å²) in [6.07, 6.45) is 0.767. The van der Waals surface area contributed by atoms with Gasteiger partial charge < -0.3 is 4.84 Å². The van der Waals surface area contributed by atoms with Gasteiger partial charge in [-0.1, -0.05) is 18.2 Å². The highest BCUT2D eigenvalue weighted by Crippen LogP contribution is 1.99. The maximum Gasteiger partial charge on any atom is 0.356 e. The lowest BCUT2D eigenvalue weighted by molar-refractivity contribution is 0.0255. The second-order valence-corrected chi connectivity index (χ2v) is 3.07. The SMILES string of the molecule is O=C(ONCCCCl)c1ccccc1. The minimum atomic E-state index is -0.375. The fourth-order valence-corrected chi connectivity index (χ4v) is 1.02. The first-order chi connectivity index (χ1) is 6.84. The molecule has 1 aromatic rings. The molecule has 0 atom stereocenters. The monoisotopic (exact) mass is 213 g/mol. The maximum atomic E-state index is 11.3. The molecule has 0 amide bonds. The van der Waals surface area contributed by atoms with Gasteiger partial charge in [-0.15, -0.1) is 11.6 Å². The highest BCUT2D eigenvalue weighted by molar-refractivity contribution is 6.17. The van der Waals surface area contributed by atoms with Crippen LogP contribution in [0.1, 0.15) is 16.8 Å². The molecule has 0 aliphatic carbocycles. The predicted molar refractivity (Wildman–Crippen MR) is 55.2 cm³/mol. The first-order valence-electron chi connectivity index (χ1n) is 4.39. The van der Waals surface area contributed by atoms with E-state index in [9.17, 15) is 4.79 Å². The van der Waals surface area contributed by atoms with E-state index in [-0.39, 0.29) is 5.97 Å². The first-order valence-corrected chi connectivity index (χ1v) is 4.93. The van der Waals surface area contributed by atoms with Crippen molar-refractivity contribution in [3.05, 3.63) is 35.9 Å². The molecule has 0 aliphatic rings. The summed E-state index contributed by atoms with van der Waals surface area (Å²) in [7, 11) is 0. The fraction of sp³-hybridized carbons (Fsp3) is 0.300. The summed E-state index contributed by atoms with van der Waals surface area (Å²) in [6, 6.07) is 8.82. The molecular formula is C10H12ClNO2. The molecule has 0 unspecified atom stereocenters. The molecule has 1 rings (SSSR count). The van der Waals surface area contributed by atoms with E-state index in [1.165, 1.54) is 0 Å². The van der Waals surface area contributed by atoms with Gasteiger partial charge in [0.15, 0.2) is 0 Å². The van der Waals surface area contributed by atoms with Crippen molar-refractivity contribution in [2.24, 2.45) is 0 Å². The van der Waals surface area contributed by atoms with Crippen LogP contribution in [0.4, 0.5) is 0 Å². The number of halogens is 1. The zero-order chi connectivity index (χ0) is 10.2. The van der Waals surface area contributed by atoms with Crippen LogP contribution in [0, 0.1) is 0 Å². The maximum absolute atomic E-state index is 11.3. The van der Waals surface area contributed by atoms with Gasteiger partial charge in [0.1, 0.15) is 0 Å². The fourth-order valence-electron chi connectivity index (χ4n) is 0.889. The number of alkyl halides is 1. The molecule has 1 aromatic carbocycles. The molecule has 0 aromatic heterocycles. The van der Waals surface area contributed by atoms with Crippen LogP contribution in [-0.2, 0) is 4.84 Å². The van der Waals surface area contributed by atoms with Gasteiger partial charge in [0.25, 0.3) is 0 Å². The molecule has 0 saturated carbocycles. The van der Waals surface area contributed by atoms with E-state index >= 15 is 0 Å². The molecule has 0 fully saturated rings. The summed E-state index contributed by atoms with van der Waals surface area (Å²) in [5.74, 6) is 0.177. The van der Waals surface area contributed by atoms with Gasteiger partial charge in [-0.05, 0) is 18.6 Å². The lowest BCUT2D eigenvalue weighted by Crippen LogP contribution is -2.21. The van der Waals surface area contributed by atoms with Crippen LogP contribution in [0.3, 0.4) is 0 Å². The van der Waals surface area contributed by atoms with E-state index in [0.717, 1.165) is 6.42 Å². The lowest BCUT2D eigenvalue weighted by Gasteiger charge is -2.03. The summed E-state index contributed by atoms with van der Waals surface area (Å²) in [6.45, 7) is 0.572. The van der Waals surface area contributed by atoms with Crippen molar-refractivity contribution in [2.45, 2.75) is 6.42 Å². The molecule has 0 saturated heterocycles. The average Bonchev–Trinajstić information content (AvgIpc) is 2.25. The number of rotatable bonds is 5. The highest BCUT2D eigenvalue weighted by atomic mass is 35.5. The van der Waals surface area contributed by atoms with Crippen molar-refractivity contribution in [3.63, 3.8) is 0 Å². The van der Waals surface area contributed by atoms with Crippen molar-refractivity contribution in [2.75, 3.05) is 12.4 Å². The molecular weight excluding hydrogens is 202 g/mol. The van der Waals surface area contributed by atoms with Crippen molar-refractivity contribution in [1.82, 2.24) is 5.48 Å². The van der Waals surface area contributed by atoms with Crippen LogP contribution < -0.4 is 5.48 Å². The molecule has 0 bridgehead atoms. The summed E-state index contributed by atoms with van der Waals surface area (Å²) >= 11 is 5.45. The average molecular weight is 214 g/mol. The second kappa shape index (κ2) is 6.40. The van der Waals surface area contributed by atoms with Crippen LogP contribution in [-0.4, -0.2) is 18.4 Å². The van der Waals surface area contributed by atoms with Gasteiger partial charge in [0, 0.05) is 12.4 Å². The van der Waals surface area contributed by atoms with E-state index in [1.807, 2.05) is 6.07 Å². The Balaban J connectivity index is 2.29. The topological polar surface area (TPSA) is 38.3 Å². The number of hydroxylamine groups is 1. The van der Waals surface area contributed by atoms with E-state index < -0.39 is 0 Å². The molecule has 0 heterocycles. The zero-order valence-corrected chi connectivity index (χ0v) is 8.46. The third-order valence-corrected chi connectivity index (χ3v) is 1.85. The number of hydrogen-bond donors (Lipinski definition) is 1. The van der Waals surface area contributed by atoms with Crippen molar-refractivity contribution in [1.29, 1.82) is 0 Å². The van der Waals surface area contributed by atoms with E-state index in [0.29, 0.717) is 18.0 Å². The van der Waals surface area contributed by atoms with Gasteiger partial charge in [0.05, 0.1) is 5.56 Å². The van der Waals surface area contributed by atoms with E-state index in [4.69, 9.17) is 16.4 Å². The van der Waals surface area contributed by atoms with Gasteiger partial charge >= 0.3 is 5.97 Å². The van der Waals surface area contributed by atoms with Gasteiger partial charge in [-0.25, -0.2) is 4.79 Å². The molecule has 0 spiro atoms. The largest absolute Gasteiger partial charge is 0.367 e. The van der Waals surface area contributed by atoms with Crippen LogP contribution in [0.5, 0.6) is 0 Å². The molecule has 1 N–H and O–H groups in total. The quantitative estimate of drug-likeness (QED) is 0.462. The standard InChI is InChI=1S/C10H12ClNO2/c11-7-4-8-12-14-10(13)9-5-2-1-3-6-9/h1-3,5-6,12H,4,7-8H2. The van der Waals surface area contributed by atoms with Crippen LogP contribution in [0.2, 0.25) is 0 Å². The van der Waals surface area contributed by atoms with Gasteiger partial charge in [-0.3, -0.25) is 0 Å². The number of benzene rings is 1. The van der Waals surface area contributed by atoms with Crippen molar-refractivity contribution in [3.8, 4) is 0 Å². The van der Waals surface area contributed by atoms with Crippen molar-refractivity contribution >= 4 is 17.6 Å². The molecule has 3 nitrogen and oxygen atoms in total. The number of carbonyl (C=O) groups excluding carboxylic acids is 1. The van der Waals surface area contributed by atoms with Crippen LogP contribution in [0.15, 0.2) is 30.3 Å². The van der Waals surface area contributed by atoms with Gasteiger partial charge in [-0.2, -0.15) is 5.48 Å². The number of nitrogens with one attached hydrogen (secondary N) is 1. The first kappa shape index (κ1) is 11.0. The van der Waals surface area contributed by atoms with Crippen molar-refractivity contribution < 1.29 is 9.63 Å². The van der Waals surface area contributed by atoms with Crippen LogP contribution in [0.25, 0.3) is 0 Å². The van der Waals surface area contributed by atoms with E-state index in [2.05, 4.69) is 5.48 Å². The Bertz CT molecular complexity index is 277. The normalized spacial score (nSPS) is 9.79. The predicted octanol–water partition coefficient (Wildman–Crippen LogP) is 1.98. The Morgan fingerprint density at radius 2 is 2.07 bits per heavy atom. The molecule has 4 heteroatoms. The third-order valence-electron chi connectivity index (χ3n) is 1.59. The Morgan fingerprint density at radius 3 is 2.71 bits per heavy atom. The molecule has 14 heavy (non-hydrogen) atoms. The minimum Gasteiger partial charge on any atom is -0.367 e. The summed E-state index contributed by atoms with van der Waals surface area (Å²) in [5, 5.41) is 0. The Kier molecular flexibility index (Phi) is 5.04. The number of hydrogen-bond acceptors (Lipinski definition) is 3. The highest BCUT2D eigenvalue weighted by Gasteiger charge is 2.04. The molecule has 76 valence electrons. The lowest BCUT2D eigenvalue weighted by atomic mass is 10.2. The Hall–Kier alpha value is -1.06. The molecule has 0 radical (unpaired) electrons. The number of carbonyl (C=O) groups is 1. The summed E-state index contributed by atoms with van der Waals surface area (Å²) < 4.78 is 0. The molecule has 0 aliphatic heterocycles. The minimum absolute atomic E-state index is 0.375. The van der Waals surface area contributed by atoms with Crippen LogP contribution >= 0.6 is 11.6 Å². The Labute approximate surface area is 88.0 Å².